The number of aromatic nitrogens is 3. The molecule has 5 rings (SSSR count). The molecule has 2 amide bonds. The Kier molecular flexibility index (Phi) is 4.77. The van der Waals surface area contributed by atoms with Crippen LogP contribution in [0, 0.1) is 11.6 Å². The van der Waals surface area contributed by atoms with E-state index in [1.165, 1.54) is 16.7 Å². The van der Waals surface area contributed by atoms with Gasteiger partial charge in [-0.25, -0.2) is 8.78 Å². The molecule has 1 fully saturated rings. The number of fused-ring (bicyclic) bond motifs is 2. The van der Waals surface area contributed by atoms with Crippen LogP contribution >= 0.6 is 0 Å². The highest BCUT2D eigenvalue weighted by Crippen LogP contribution is 2.42. The van der Waals surface area contributed by atoms with Crippen LogP contribution in [0.15, 0.2) is 24.5 Å². The van der Waals surface area contributed by atoms with Crippen molar-refractivity contribution in [2.45, 2.75) is 31.3 Å². The zero-order valence-corrected chi connectivity index (χ0v) is 17.8. The highest BCUT2D eigenvalue weighted by Gasteiger charge is 2.49. The van der Waals surface area contributed by atoms with E-state index in [2.05, 4.69) is 10.2 Å². The maximum Gasteiger partial charge on any atom is 0.272 e. The summed E-state index contributed by atoms with van der Waals surface area (Å²) >= 11 is 0. The van der Waals surface area contributed by atoms with Crippen molar-refractivity contribution < 1.29 is 23.1 Å². The lowest BCUT2D eigenvalue weighted by Crippen LogP contribution is -2.43. The molecule has 10 heteroatoms. The Labute approximate surface area is 182 Å². The number of hydrogen-bond acceptors (Lipinski definition) is 4. The second-order valence-corrected chi connectivity index (χ2v) is 8.55. The minimum absolute atomic E-state index is 0.126. The quantitative estimate of drug-likeness (QED) is 0.657. The molecule has 1 saturated carbocycles. The van der Waals surface area contributed by atoms with E-state index in [-0.39, 0.29) is 35.0 Å². The number of likely N-dealkylation sites (N-methyl/N-ethyl adjacent to an activating group) is 1. The Morgan fingerprint density at radius 3 is 2.78 bits per heavy atom. The summed E-state index contributed by atoms with van der Waals surface area (Å²) in [6.45, 7) is 1.09. The molecular weight excluding hydrogens is 420 g/mol. The second-order valence-electron chi connectivity index (χ2n) is 8.55. The standard InChI is InChI=1S/C22H23F2N5O3/c1-27(22(4-5-22)12-32-2)21(31)19-15-11-28(6-3-17(15)25-26-19)20(30)13-7-18-16(24)8-14(23)10-29(18)9-13/h7-10H,3-6,11-12H2,1-2H3,(H,25,26). The number of methoxy groups -OCH3 is 1. The molecule has 3 aromatic rings. The van der Waals surface area contributed by atoms with Crippen LogP contribution in [0.4, 0.5) is 8.78 Å². The minimum Gasteiger partial charge on any atom is -0.382 e. The number of ether oxygens (including phenoxy) is 1. The molecule has 32 heavy (non-hydrogen) atoms. The van der Waals surface area contributed by atoms with Crippen molar-refractivity contribution in [3.8, 4) is 0 Å². The van der Waals surface area contributed by atoms with Crippen molar-refractivity contribution in [1.82, 2.24) is 24.4 Å². The van der Waals surface area contributed by atoms with Gasteiger partial charge in [0.1, 0.15) is 17.3 Å². The van der Waals surface area contributed by atoms with Gasteiger partial charge in [-0.05, 0) is 18.9 Å². The average Bonchev–Trinajstić information content (AvgIpc) is 3.23. The normalized spacial score (nSPS) is 16.8. The van der Waals surface area contributed by atoms with Crippen molar-refractivity contribution in [3.63, 3.8) is 0 Å². The van der Waals surface area contributed by atoms with Crippen molar-refractivity contribution >= 4 is 17.3 Å². The predicted molar refractivity (Wildman–Crippen MR) is 110 cm³/mol. The third-order valence-electron chi connectivity index (χ3n) is 6.54. The van der Waals surface area contributed by atoms with E-state index in [0.717, 1.165) is 30.8 Å². The minimum atomic E-state index is -0.735. The molecule has 0 spiro atoms. The van der Waals surface area contributed by atoms with Crippen molar-refractivity contribution in [3.05, 3.63) is 58.7 Å². The fraction of sp³-hybridized carbons (Fsp3) is 0.409. The molecule has 4 heterocycles. The first-order valence-corrected chi connectivity index (χ1v) is 10.4. The number of H-pyrrole nitrogens is 1. The van der Waals surface area contributed by atoms with Gasteiger partial charge in [0.05, 0.1) is 35.5 Å². The first-order valence-electron chi connectivity index (χ1n) is 10.4. The lowest BCUT2D eigenvalue weighted by Gasteiger charge is -2.29. The number of pyridine rings is 1. The molecule has 8 nitrogen and oxygen atoms in total. The molecule has 1 aliphatic carbocycles. The monoisotopic (exact) mass is 443 g/mol. The van der Waals surface area contributed by atoms with Crippen molar-refractivity contribution in [2.24, 2.45) is 0 Å². The summed E-state index contributed by atoms with van der Waals surface area (Å²) in [6, 6.07) is 2.19. The molecule has 0 radical (unpaired) electrons. The van der Waals surface area contributed by atoms with Crippen LogP contribution in [0.25, 0.3) is 5.52 Å². The molecule has 3 aromatic heterocycles. The second kappa shape index (κ2) is 7.40. The summed E-state index contributed by atoms with van der Waals surface area (Å²) in [4.78, 5) is 29.6. The van der Waals surface area contributed by atoms with Gasteiger partial charge < -0.3 is 18.9 Å². The van der Waals surface area contributed by atoms with E-state index in [0.29, 0.717) is 30.8 Å². The van der Waals surface area contributed by atoms with Crippen molar-refractivity contribution in [1.29, 1.82) is 0 Å². The molecule has 0 unspecified atom stereocenters. The summed E-state index contributed by atoms with van der Waals surface area (Å²) in [7, 11) is 3.37. The zero-order valence-electron chi connectivity index (χ0n) is 17.8. The molecule has 1 aliphatic heterocycles. The first-order chi connectivity index (χ1) is 15.3. The molecule has 0 atom stereocenters. The smallest absolute Gasteiger partial charge is 0.272 e. The highest BCUT2D eigenvalue weighted by atomic mass is 19.1. The maximum absolute atomic E-state index is 14.0. The number of halogens is 2. The summed E-state index contributed by atoms with van der Waals surface area (Å²) in [5.74, 6) is -1.96. The third-order valence-corrected chi connectivity index (χ3v) is 6.54. The van der Waals surface area contributed by atoms with Crippen LogP contribution in [-0.4, -0.2) is 69.1 Å². The number of nitrogens with one attached hydrogen (secondary N) is 1. The molecule has 0 aromatic carbocycles. The summed E-state index contributed by atoms with van der Waals surface area (Å²) < 4.78 is 34.1. The van der Waals surface area contributed by atoms with E-state index in [1.54, 1.807) is 24.0 Å². The molecular formula is C22H23F2N5O3. The van der Waals surface area contributed by atoms with E-state index < -0.39 is 11.6 Å². The summed E-state index contributed by atoms with van der Waals surface area (Å²) in [5, 5.41) is 7.15. The van der Waals surface area contributed by atoms with Gasteiger partial charge in [0.2, 0.25) is 0 Å². The number of hydrogen-bond donors (Lipinski definition) is 1. The Balaban J connectivity index is 1.39. The predicted octanol–water partition coefficient (Wildman–Crippen LogP) is 2.39. The van der Waals surface area contributed by atoms with Gasteiger partial charge in [0.15, 0.2) is 0 Å². The molecule has 1 N–H and O–H groups in total. The number of carbonyl (C=O) groups is 2. The molecule has 168 valence electrons. The fourth-order valence-corrected chi connectivity index (χ4v) is 4.46. The zero-order chi connectivity index (χ0) is 22.6. The van der Waals surface area contributed by atoms with Crippen LogP contribution in [0.2, 0.25) is 0 Å². The SMILES string of the molecule is COCC1(N(C)C(=O)c2[nH]nc3c2CN(C(=O)c2cc4c(F)cc(F)cn4c2)CC3)CC1. The van der Waals surface area contributed by atoms with E-state index in [9.17, 15) is 18.4 Å². The number of amides is 2. The molecule has 0 bridgehead atoms. The maximum atomic E-state index is 14.0. The lowest BCUT2D eigenvalue weighted by atomic mass is 10.0. The molecule has 0 saturated heterocycles. The summed E-state index contributed by atoms with van der Waals surface area (Å²) in [5.41, 5.74) is 1.91. The van der Waals surface area contributed by atoms with Gasteiger partial charge >= 0.3 is 0 Å². The van der Waals surface area contributed by atoms with E-state index in [4.69, 9.17) is 4.74 Å². The number of carbonyl (C=O) groups excluding carboxylic acids is 2. The van der Waals surface area contributed by atoms with Gasteiger partial charge in [-0.2, -0.15) is 5.10 Å². The highest BCUT2D eigenvalue weighted by molar-refractivity contribution is 5.97. The van der Waals surface area contributed by atoms with Crippen LogP contribution < -0.4 is 0 Å². The Morgan fingerprint density at radius 2 is 2.06 bits per heavy atom. The van der Waals surface area contributed by atoms with Crippen LogP contribution in [0.1, 0.15) is 44.9 Å². The van der Waals surface area contributed by atoms with Gasteiger partial charge in [-0.15, -0.1) is 0 Å². The van der Waals surface area contributed by atoms with Crippen LogP contribution in [0.5, 0.6) is 0 Å². The largest absolute Gasteiger partial charge is 0.382 e. The van der Waals surface area contributed by atoms with E-state index >= 15 is 0 Å². The molecule has 2 aliphatic rings. The van der Waals surface area contributed by atoms with Gasteiger partial charge in [0, 0.05) is 51.1 Å². The number of rotatable bonds is 5. The summed E-state index contributed by atoms with van der Waals surface area (Å²) in [6.07, 6.45) is 4.79. The average molecular weight is 443 g/mol. The Hall–Kier alpha value is -3.27. The van der Waals surface area contributed by atoms with Crippen LogP contribution in [0.3, 0.4) is 0 Å². The van der Waals surface area contributed by atoms with Gasteiger partial charge in [-0.1, -0.05) is 0 Å². The van der Waals surface area contributed by atoms with Gasteiger partial charge in [-0.3, -0.25) is 14.7 Å². The Morgan fingerprint density at radius 1 is 1.28 bits per heavy atom. The third kappa shape index (κ3) is 3.26. The van der Waals surface area contributed by atoms with Crippen molar-refractivity contribution in [2.75, 3.05) is 27.3 Å². The fourth-order valence-electron chi connectivity index (χ4n) is 4.46. The Bertz CT molecular complexity index is 1230. The lowest BCUT2D eigenvalue weighted by molar-refractivity contribution is 0.0541. The van der Waals surface area contributed by atoms with Crippen LogP contribution in [-0.2, 0) is 17.7 Å². The number of nitrogens with zero attached hydrogens (tertiary/aromatic N) is 4. The van der Waals surface area contributed by atoms with Gasteiger partial charge in [0.25, 0.3) is 11.8 Å². The topological polar surface area (TPSA) is 82.9 Å². The first kappa shape index (κ1) is 20.6. The number of aromatic amines is 1. The van der Waals surface area contributed by atoms with E-state index in [1.807, 2.05) is 0 Å².